The van der Waals surface area contributed by atoms with Crippen molar-refractivity contribution in [1.29, 1.82) is 0 Å². The SMILES string of the molecule is O=C(Nc1cccc(Br)c1)[C@@H]1CC[C@H](C(=O)O)O1. The molecule has 0 unspecified atom stereocenters. The van der Waals surface area contributed by atoms with E-state index in [1.807, 2.05) is 6.07 Å². The summed E-state index contributed by atoms with van der Waals surface area (Å²) in [6, 6.07) is 7.17. The van der Waals surface area contributed by atoms with Crippen LogP contribution in [0.5, 0.6) is 0 Å². The molecule has 1 saturated heterocycles. The van der Waals surface area contributed by atoms with E-state index in [0.717, 1.165) is 4.47 Å². The van der Waals surface area contributed by atoms with Crippen LogP contribution >= 0.6 is 15.9 Å². The lowest BCUT2D eigenvalue weighted by Crippen LogP contribution is -2.29. The molecule has 2 N–H and O–H groups in total. The first-order chi connectivity index (χ1) is 8.56. The van der Waals surface area contributed by atoms with Crippen molar-refractivity contribution in [3.05, 3.63) is 28.7 Å². The Morgan fingerprint density at radius 1 is 1.33 bits per heavy atom. The van der Waals surface area contributed by atoms with Gasteiger partial charge in [0, 0.05) is 10.2 Å². The van der Waals surface area contributed by atoms with E-state index >= 15 is 0 Å². The molecule has 0 saturated carbocycles. The molecule has 2 rings (SSSR count). The predicted octanol–water partition coefficient (Wildman–Crippen LogP) is 2.02. The summed E-state index contributed by atoms with van der Waals surface area (Å²) in [5.41, 5.74) is 0.650. The second kappa shape index (κ2) is 5.49. The molecule has 1 heterocycles. The Labute approximate surface area is 112 Å². The normalized spacial score (nSPS) is 22.7. The molecule has 6 heteroatoms. The van der Waals surface area contributed by atoms with Crippen LogP contribution < -0.4 is 5.32 Å². The quantitative estimate of drug-likeness (QED) is 0.895. The van der Waals surface area contributed by atoms with E-state index in [4.69, 9.17) is 9.84 Å². The van der Waals surface area contributed by atoms with Gasteiger partial charge in [-0.2, -0.15) is 0 Å². The molecule has 18 heavy (non-hydrogen) atoms. The molecule has 0 spiro atoms. The van der Waals surface area contributed by atoms with Gasteiger partial charge in [0.25, 0.3) is 5.91 Å². The topological polar surface area (TPSA) is 75.6 Å². The average Bonchev–Trinajstić information content (AvgIpc) is 2.78. The van der Waals surface area contributed by atoms with Crippen LogP contribution in [0.4, 0.5) is 5.69 Å². The Morgan fingerprint density at radius 3 is 2.67 bits per heavy atom. The molecule has 1 aromatic rings. The lowest BCUT2D eigenvalue weighted by molar-refractivity contribution is -0.150. The van der Waals surface area contributed by atoms with Gasteiger partial charge in [-0.3, -0.25) is 4.79 Å². The summed E-state index contributed by atoms with van der Waals surface area (Å²) in [7, 11) is 0. The van der Waals surface area contributed by atoms with Gasteiger partial charge >= 0.3 is 5.97 Å². The van der Waals surface area contributed by atoms with Gasteiger partial charge in [-0.05, 0) is 31.0 Å². The van der Waals surface area contributed by atoms with Crippen LogP contribution in [0.25, 0.3) is 0 Å². The minimum Gasteiger partial charge on any atom is -0.479 e. The first-order valence-corrected chi connectivity index (χ1v) is 6.30. The fourth-order valence-electron chi connectivity index (χ4n) is 1.80. The number of carbonyl (C=O) groups is 2. The predicted molar refractivity (Wildman–Crippen MR) is 68.3 cm³/mol. The van der Waals surface area contributed by atoms with Crippen molar-refractivity contribution in [2.45, 2.75) is 25.0 Å². The van der Waals surface area contributed by atoms with Gasteiger partial charge in [-0.25, -0.2) is 4.79 Å². The monoisotopic (exact) mass is 313 g/mol. The van der Waals surface area contributed by atoms with Gasteiger partial charge in [0.1, 0.15) is 6.10 Å². The number of carboxylic acids is 1. The smallest absolute Gasteiger partial charge is 0.332 e. The van der Waals surface area contributed by atoms with Gasteiger partial charge in [0.2, 0.25) is 0 Å². The minimum absolute atomic E-state index is 0.308. The summed E-state index contributed by atoms with van der Waals surface area (Å²) in [5.74, 6) is -1.33. The Morgan fingerprint density at radius 2 is 2.06 bits per heavy atom. The molecule has 1 fully saturated rings. The Bertz CT molecular complexity index is 477. The van der Waals surface area contributed by atoms with Crippen molar-refractivity contribution in [2.75, 3.05) is 5.32 Å². The summed E-state index contributed by atoms with van der Waals surface area (Å²) in [5, 5.41) is 11.5. The number of nitrogens with one attached hydrogen (secondary N) is 1. The molecule has 1 aromatic carbocycles. The number of halogens is 1. The van der Waals surface area contributed by atoms with Gasteiger partial charge < -0.3 is 15.2 Å². The molecule has 0 aromatic heterocycles. The van der Waals surface area contributed by atoms with Crippen molar-refractivity contribution >= 4 is 33.5 Å². The van der Waals surface area contributed by atoms with Gasteiger partial charge in [-0.15, -0.1) is 0 Å². The van der Waals surface area contributed by atoms with E-state index in [2.05, 4.69) is 21.2 Å². The maximum atomic E-state index is 11.8. The second-order valence-corrected chi connectivity index (χ2v) is 4.94. The number of benzene rings is 1. The summed E-state index contributed by atoms with van der Waals surface area (Å²) in [6.07, 6.45) is -0.767. The lowest BCUT2D eigenvalue weighted by atomic mass is 10.2. The highest BCUT2D eigenvalue weighted by Crippen LogP contribution is 2.22. The maximum Gasteiger partial charge on any atom is 0.332 e. The van der Waals surface area contributed by atoms with Crippen LogP contribution in [0.1, 0.15) is 12.8 Å². The van der Waals surface area contributed by atoms with Crippen LogP contribution in [0.15, 0.2) is 28.7 Å². The van der Waals surface area contributed by atoms with E-state index in [9.17, 15) is 9.59 Å². The summed E-state index contributed by atoms with van der Waals surface area (Å²) >= 11 is 3.30. The average molecular weight is 314 g/mol. The number of hydrogen-bond donors (Lipinski definition) is 2. The zero-order valence-electron chi connectivity index (χ0n) is 9.43. The van der Waals surface area contributed by atoms with Gasteiger partial charge in [-0.1, -0.05) is 22.0 Å². The highest BCUT2D eigenvalue weighted by Gasteiger charge is 2.34. The Hall–Kier alpha value is -1.40. The van der Waals surface area contributed by atoms with Crippen LogP contribution in [-0.2, 0) is 14.3 Å². The van der Waals surface area contributed by atoms with Crippen molar-refractivity contribution in [3.8, 4) is 0 Å². The second-order valence-electron chi connectivity index (χ2n) is 4.03. The number of hydrogen-bond acceptors (Lipinski definition) is 3. The number of rotatable bonds is 3. The highest BCUT2D eigenvalue weighted by atomic mass is 79.9. The fourth-order valence-corrected chi connectivity index (χ4v) is 2.20. The summed E-state index contributed by atoms with van der Waals surface area (Å²) in [6.45, 7) is 0. The number of carboxylic acid groups (broad SMARTS) is 1. The van der Waals surface area contributed by atoms with E-state index in [-0.39, 0.29) is 5.91 Å². The molecule has 2 atom stereocenters. The number of anilines is 1. The minimum atomic E-state index is -1.02. The number of amides is 1. The number of ether oxygens (including phenoxy) is 1. The van der Waals surface area contributed by atoms with Gasteiger partial charge in [0.15, 0.2) is 6.10 Å². The van der Waals surface area contributed by atoms with Crippen LogP contribution in [0.3, 0.4) is 0 Å². The van der Waals surface area contributed by atoms with Crippen LogP contribution in [0, 0.1) is 0 Å². The molecular formula is C12H12BrNO4. The van der Waals surface area contributed by atoms with Crippen molar-refractivity contribution in [1.82, 2.24) is 0 Å². The van der Waals surface area contributed by atoms with E-state index < -0.39 is 18.2 Å². The Balaban J connectivity index is 1.95. The van der Waals surface area contributed by atoms with Crippen molar-refractivity contribution in [2.24, 2.45) is 0 Å². The molecular weight excluding hydrogens is 302 g/mol. The third kappa shape index (κ3) is 3.08. The number of carbonyl (C=O) groups excluding carboxylic acids is 1. The molecule has 1 aliphatic rings. The third-order valence-corrected chi connectivity index (χ3v) is 3.17. The zero-order chi connectivity index (χ0) is 13.1. The summed E-state index contributed by atoms with van der Waals surface area (Å²) in [4.78, 5) is 22.6. The van der Waals surface area contributed by atoms with Crippen LogP contribution in [0.2, 0.25) is 0 Å². The zero-order valence-corrected chi connectivity index (χ0v) is 11.0. The van der Waals surface area contributed by atoms with E-state index in [1.54, 1.807) is 18.2 Å². The fraction of sp³-hybridized carbons (Fsp3) is 0.333. The lowest BCUT2D eigenvalue weighted by Gasteiger charge is -2.11. The first-order valence-electron chi connectivity index (χ1n) is 5.51. The summed E-state index contributed by atoms with van der Waals surface area (Å²) < 4.78 is 6.02. The molecule has 96 valence electrons. The van der Waals surface area contributed by atoms with Crippen molar-refractivity contribution < 1.29 is 19.4 Å². The maximum absolute atomic E-state index is 11.8. The van der Waals surface area contributed by atoms with E-state index in [0.29, 0.717) is 18.5 Å². The highest BCUT2D eigenvalue weighted by molar-refractivity contribution is 9.10. The third-order valence-electron chi connectivity index (χ3n) is 2.68. The van der Waals surface area contributed by atoms with Gasteiger partial charge in [0.05, 0.1) is 0 Å². The van der Waals surface area contributed by atoms with Crippen LogP contribution in [-0.4, -0.2) is 29.2 Å². The van der Waals surface area contributed by atoms with E-state index in [1.165, 1.54) is 0 Å². The molecule has 5 nitrogen and oxygen atoms in total. The molecule has 0 bridgehead atoms. The molecule has 0 radical (unpaired) electrons. The Kier molecular flexibility index (Phi) is 3.98. The molecule has 1 aliphatic heterocycles. The first kappa shape index (κ1) is 13.0. The van der Waals surface area contributed by atoms with Crippen molar-refractivity contribution in [3.63, 3.8) is 0 Å². The number of aliphatic carboxylic acids is 1. The molecule has 1 amide bonds. The molecule has 0 aliphatic carbocycles. The largest absolute Gasteiger partial charge is 0.479 e. The standard InChI is InChI=1S/C12H12BrNO4/c13-7-2-1-3-8(6-7)14-11(15)9-4-5-10(18-9)12(16)17/h1-3,6,9-10H,4-5H2,(H,14,15)(H,16,17)/t9-,10+/m0/s1.